The van der Waals surface area contributed by atoms with Crippen LogP contribution >= 0.6 is 12.4 Å². The molecule has 19 heavy (non-hydrogen) atoms. The van der Waals surface area contributed by atoms with E-state index in [0.717, 1.165) is 5.69 Å². The monoisotopic (exact) mass is 280 g/mol. The number of benzene rings is 1. The van der Waals surface area contributed by atoms with Crippen LogP contribution in [0.15, 0.2) is 36.5 Å². The van der Waals surface area contributed by atoms with Gasteiger partial charge in [0.25, 0.3) is 0 Å². The van der Waals surface area contributed by atoms with Gasteiger partial charge in [-0.25, -0.2) is 9.78 Å². The Balaban J connectivity index is 0.00000180. The van der Waals surface area contributed by atoms with Crippen molar-refractivity contribution < 1.29 is 9.53 Å². The summed E-state index contributed by atoms with van der Waals surface area (Å²) in [5, 5.41) is 3.05. The van der Waals surface area contributed by atoms with Crippen LogP contribution in [0.1, 0.15) is 10.4 Å². The van der Waals surface area contributed by atoms with Crippen molar-refractivity contribution in [1.29, 1.82) is 0 Å². The molecule has 0 saturated heterocycles. The summed E-state index contributed by atoms with van der Waals surface area (Å²) >= 11 is 0. The summed E-state index contributed by atoms with van der Waals surface area (Å²) in [6.07, 6.45) is 1.56. The molecular weight excluding hydrogens is 268 g/mol. The van der Waals surface area contributed by atoms with Gasteiger partial charge in [0, 0.05) is 11.9 Å². The van der Waals surface area contributed by atoms with Gasteiger partial charge in [0.15, 0.2) is 0 Å². The molecule has 2 aromatic rings. The lowest BCUT2D eigenvalue weighted by Crippen LogP contribution is -2.02. The molecule has 0 aliphatic heterocycles. The zero-order chi connectivity index (χ0) is 13.0. The summed E-state index contributed by atoms with van der Waals surface area (Å²) in [6, 6.07) is 8.54. The highest BCUT2D eigenvalue weighted by Crippen LogP contribution is 2.15. The summed E-state index contributed by atoms with van der Waals surface area (Å²) in [6.45, 7) is 0. The molecule has 0 bridgehead atoms. The average molecular weight is 281 g/mol. The summed E-state index contributed by atoms with van der Waals surface area (Å²) in [5.74, 6) is 0.423. The van der Waals surface area contributed by atoms with E-state index >= 15 is 0 Å². The number of hydrogen-bond donors (Lipinski definition) is 2. The molecule has 0 aliphatic rings. The molecule has 6 nitrogen and oxygen atoms in total. The first-order valence-electron chi connectivity index (χ1n) is 5.23. The number of anilines is 3. The Morgan fingerprint density at radius 2 is 1.95 bits per heavy atom. The zero-order valence-electron chi connectivity index (χ0n) is 10.2. The van der Waals surface area contributed by atoms with Crippen molar-refractivity contribution in [2.45, 2.75) is 0 Å². The molecule has 100 valence electrons. The fraction of sp³-hybridized carbons (Fsp3) is 0.0833. The van der Waals surface area contributed by atoms with Crippen molar-refractivity contribution in [3.05, 3.63) is 42.1 Å². The van der Waals surface area contributed by atoms with Crippen molar-refractivity contribution in [1.82, 2.24) is 9.97 Å². The normalized spacial score (nSPS) is 9.32. The molecule has 3 N–H and O–H groups in total. The number of nitrogens with two attached hydrogens (primary N) is 1. The van der Waals surface area contributed by atoms with Crippen molar-refractivity contribution in [2.75, 3.05) is 18.2 Å². The van der Waals surface area contributed by atoms with Crippen LogP contribution in [0, 0.1) is 0 Å². The fourth-order valence-electron chi connectivity index (χ4n) is 1.40. The number of hydrogen-bond acceptors (Lipinski definition) is 6. The van der Waals surface area contributed by atoms with Gasteiger partial charge in [-0.3, -0.25) is 0 Å². The maximum atomic E-state index is 11.2. The smallest absolute Gasteiger partial charge is 0.337 e. The fourth-order valence-corrected chi connectivity index (χ4v) is 1.40. The van der Waals surface area contributed by atoms with Crippen LogP contribution < -0.4 is 11.1 Å². The van der Waals surface area contributed by atoms with E-state index in [-0.39, 0.29) is 24.3 Å². The second-order valence-corrected chi connectivity index (χ2v) is 3.49. The summed E-state index contributed by atoms with van der Waals surface area (Å²) in [7, 11) is 1.35. The summed E-state index contributed by atoms with van der Waals surface area (Å²) < 4.78 is 4.61. The Morgan fingerprint density at radius 1 is 1.26 bits per heavy atom. The van der Waals surface area contributed by atoms with Crippen LogP contribution in [0.2, 0.25) is 0 Å². The van der Waals surface area contributed by atoms with E-state index in [9.17, 15) is 4.79 Å². The van der Waals surface area contributed by atoms with Crippen molar-refractivity contribution in [2.24, 2.45) is 0 Å². The number of nitrogens with zero attached hydrogens (tertiary/aromatic N) is 2. The summed E-state index contributed by atoms with van der Waals surface area (Å²) in [4.78, 5) is 19.0. The minimum Gasteiger partial charge on any atom is -0.465 e. The maximum absolute atomic E-state index is 11.2. The van der Waals surface area contributed by atoms with Gasteiger partial charge in [-0.15, -0.1) is 12.4 Å². The maximum Gasteiger partial charge on any atom is 0.337 e. The van der Waals surface area contributed by atoms with E-state index in [0.29, 0.717) is 11.4 Å². The molecule has 0 fully saturated rings. The van der Waals surface area contributed by atoms with Gasteiger partial charge in [-0.05, 0) is 30.3 Å². The summed E-state index contributed by atoms with van der Waals surface area (Å²) in [5.41, 5.74) is 6.75. The molecule has 1 aromatic carbocycles. The number of halogens is 1. The number of rotatable bonds is 3. The van der Waals surface area contributed by atoms with Crippen LogP contribution in [0.4, 0.5) is 17.5 Å². The number of ether oxygens (including phenoxy) is 1. The molecule has 0 spiro atoms. The molecule has 1 heterocycles. The lowest BCUT2D eigenvalue weighted by atomic mass is 10.2. The molecule has 2 rings (SSSR count). The quantitative estimate of drug-likeness (QED) is 0.836. The number of methoxy groups -OCH3 is 1. The lowest BCUT2D eigenvalue weighted by molar-refractivity contribution is 0.0601. The number of nitrogen functional groups attached to an aromatic ring is 1. The van der Waals surface area contributed by atoms with E-state index in [4.69, 9.17) is 5.73 Å². The highest BCUT2D eigenvalue weighted by molar-refractivity contribution is 5.89. The van der Waals surface area contributed by atoms with E-state index < -0.39 is 0 Å². The van der Waals surface area contributed by atoms with Crippen molar-refractivity contribution in [3.63, 3.8) is 0 Å². The van der Waals surface area contributed by atoms with Crippen molar-refractivity contribution >= 4 is 35.8 Å². The van der Waals surface area contributed by atoms with Gasteiger partial charge >= 0.3 is 5.97 Å². The van der Waals surface area contributed by atoms with Gasteiger partial charge in [-0.1, -0.05) is 0 Å². The van der Waals surface area contributed by atoms with E-state index in [2.05, 4.69) is 20.0 Å². The molecule has 0 amide bonds. The predicted octanol–water partition coefficient (Wildman–Crippen LogP) is 2.01. The van der Waals surface area contributed by atoms with Gasteiger partial charge in [0.05, 0.1) is 12.7 Å². The topological polar surface area (TPSA) is 90.1 Å². The third-order valence-corrected chi connectivity index (χ3v) is 2.25. The third-order valence-electron chi connectivity index (χ3n) is 2.25. The van der Waals surface area contributed by atoms with Crippen LogP contribution in [0.25, 0.3) is 0 Å². The first kappa shape index (κ1) is 14.7. The minimum atomic E-state index is -0.368. The first-order chi connectivity index (χ1) is 8.69. The standard InChI is InChI=1S/C12H12N4O2.ClH/c1-18-11(17)8-2-4-9(5-3-8)15-10-6-7-14-12(13)16-10;/h2-7H,1H3,(H3,13,14,15,16);1H. The van der Waals surface area contributed by atoms with Crippen LogP contribution in [0.3, 0.4) is 0 Å². The number of aromatic nitrogens is 2. The van der Waals surface area contributed by atoms with Crippen LogP contribution in [-0.4, -0.2) is 23.0 Å². The molecule has 0 unspecified atom stereocenters. The van der Waals surface area contributed by atoms with Gasteiger partial charge in [0.2, 0.25) is 5.95 Å². The number of nitrogens with one attached hydrogen (secondary N) is 1. The minimum absolute atomic E-state index is 0. The lowest BCUT2D eigenvalue weighted by Gasteiger charge is -2.06. The number of esters is 1. The van der Waals surface area contributed by atoms with Crippen molar-refractivity contribution in [3.8, 4) is 0 Å². The Kier molecular flexibility index (Phi) is 5.08. The zero-order valence-corrected chi connectivity index (χ0v) is 11.0. The molecule has 0 saturated carbocycles. The molecule has 0 atom stereocenters. The second-order valence-electron chi connectivity index (χ2n) is 3.49. The Morgan fingerprint density at radius 3 is 2.53 bits per heavy atom. The Hall–Kier alpha value is -2.34. The molecular formula is C12H13ClN4O2. The van der Waals surface area contributed by atoms with Crippen LogP contribution in [-0.2, 0) is 4.74 Å². The third kappa shape index (κ3) is 3.82. The van der Waals surface area contributed by atoms with Crippen LogP contribution in [0.5, 0.6) is 0 Å². The highest BCUT2D eigenvalue weighted by Gasteiger charge is 2.04. The molecule has 0 radical (unpaired) electrons. The molecule has 0 aliphatic carbocycles. The van der Waals surface area contributed by atoms with Gasteiger partial charge in [-0.2, -0.15) is 4.98 Å². The van der Waals surface area contributed by atoms with E-state index in [1.165, 1.54) is 7.11 Å². The largest absolute Gasteiger partial charge is 0.465 e. The molecule has 1 aromatic heterocycles. The Bertz CT molecular complexity index is 560. The number of carbonyl (C=O) groups excluding carboxylic acids is 1. The number of carbonyl (C=O) groups is 1. The SMILES string of the molecule is COC(=O)c1ccc(Nc2ccnc(N)n2)cc1.Cl. The first-order valence-corrected chi connectivity index (χ1v) is 5.23. The highest BCUT2D eigenvalue weighted by atomic mass is 35.5. The van der Waals surface area contributed by atoms with E-state index in [1.54, 1.807) is 36.5 Å². The average Bonchev–Trinajstić information content (AvgIpc) is 2.39. The van der Waals surface area contributed by atoms with E-state index in [1.807, 2.05) is 0 Å². The van der Waals surface area contributed by atoms with Gasteiger partial charge < -0.3 is 15.8 Å². The second kappa shape index (κ2) is 6.55. The van der Waals surface area contributed by atoms with Gasteiger partial charge in [0.1, 0.15) is 5.82 Å². The molecule has 7 heteroatoms. The Labute approximate surface area is 116 Å². The predicted molar refractivity (Wildman–Crippen MR) is 74.8 cm³/mol.